The zero-order chi connectivity index (χ0) is 19.8. The molecule has 5 heteroatoms. The molecule has 1 aliphatic rings. The molecule has 0 saturated heterocycles. The molecule has 3 rings (SSSR count). The Morgan fingerprint density at radius 2 is 1.89 bits per heavy atom. The van der Waals surface area contributed by atoms with Crippen LogP contribution < -0.4 is 14.8 Å². The Morgan fingerprint density at radius 3 is 2.56 bits per heavy atom. The number of hydrogen-bond donors (Lipinski definition) is 1. The molecule has 0 aliphatic carbocycles. The minimum Gasteiger partial charge on any atom is -0.487 e. The average Bonchev–Trinajstić information content (AvgIpc) is 2.57. The fraction of sp³-hybridized carbons (Fsp3) is 0.409. The normalized spacial score (nSPS) is 17.6. The van der Waals surface area contributed by atoms with Crippen molar-refractivity contribution in [3.8, 4) is 11.5 Å². The van der Waals surface area contributed by atoms with Crippen LogP contribution >= 0.6 is 11.6 Å². The van der Waals surface area contributed by atoms with Crippen LogP contribution in [0.1, 0.15) is 48.6 Å². The Bertz CT molecular complexity index is 853. The summed E-state index contributed by atoms with van der Waals surface area (Å²) >= 11 is 6.18. The number of ether oxygens (including phenoxy) is 2. The molecule has 0 aromatic heterocycles. The monoisotopic (exact) mass is 387 g/mol. The summed E-state index contributed by atoms with van der Waals surface area (Å²) in [5.41, 5.74) is 3.68. The number of nitrogens with one attached hydrogen (secondary N) is 1. The number of amides is 1. The predicted molar refractivity (Wildman–Crippen MR) is 108 cm³/mol. The highest BCUT2D eigenvalue weighted by Crippen LogP contribution is 2.39. The molecule has 0 unspecified atom stereocenters. The second kappa shape index (κ2) is 7.43. The Labute approximate surface area is 165 Å². The zero-order valence-electron chi connectivity index (χ0n) is 16.5. The van der Waals surface area contributed by atoms with Crippen LogP contribution in [0.2, 0.25) is 5.02 Å². The van der Waals surface area contributed by atoms with Crippen molar-refractivity contribution < 1.29 is 14.3 Å². The summed E-state index contributed by atoms with van der Waals surface area (Å²) in [6.07, 6.45) is 0.703. The molecule has 1 aliphatic heterocycles. The van der Waals surface area contributed by atoms with Crippen LogP contribution in [0.4, 0.5) is 0 Å². The highest BCUT2D eigenvalue weighted by atomic mass is 35.5. The van der Waals surface area contributed by atoms with Crippen LogP contribution in [0.25, 0.3) is 0 Å². The molecule has 1 atom stereocenters. The molecular formula is C22H26ClNO3. The highest BCUT2D eigenvalue weighted by Gasteiger charge is 2.34. The lowest BCUT2D eigenvalue weighted by Crippen LogP contribution is -2.42. The van der Waals surface area contributed by atoms with E-state index in [0.717, 1.165) is 33.0 Å². The molecule has 2 aromatic rings. The lowest BCUT2D eigenvalue weighted by molar-refractivity contribution is -0.124. The summed E-state index contributed by atoms with van der Waals surface area (Å²) in [5.74, 6) is 1.32. The van der Waals surface area contributed by atoms with Gasteiger partial charge in [-0.25, -0.2) is 0 Å². The molecule has 1 N–H and O–H groups in total. The topological polar surface area (TPSA) is 47.6 Å². The Morgan fingerprint density at radius 1 is 1.22 bits per heavy atom. The van der Waals surface area contributed by atoms with E-state index in [0.29, 0.717) is 12.2 Å². The fourth-order valence-corrected chi connectivity index (χ4v) is 3.59. The predicted octanol–water partition coefficient (Wildman–Crippen LogP) is 5.06. The zero-order valence-corrected chi connectivity index (χ0v) is 17.2. The van der Waals surface area contributed by atoms with Crippen molar-refractivity contribution in [2.75, 3.05) is 6.61 Å². The maximum absolute atomic E-state index is 12.5. The molecule has 0 bridgehead atoms. The van der Waals surface area contributed by atoms with E-state index >= 15 is 0 Å². The Balaban J connectivity index is 1.70. The molecule has 0 spiro atoms. The molecule has 0 radical (unpaired) electrons. The van der Waals surface area contributed by atoms with Crippen molar-refractivity contribution in [2.24, 2.45) is 0 Å². The van der Waals surface area contributed by atoms with Crippen molar-refractivity contribution in [3.63, 3.8) is 0 Å². The number of carbonyl (C=O) groups excluding carboxylic acids is 1. The number of aryl methyl sites for hydroxylation is 3. The van der Waals surface area contributed by atoms with Gasteiger partial charge >= 0.3 is 0 Å². The molecule has 144 valence electrons. The van der Waals surface area contributed by atoms with E-state index in [1.165, 1.54) is 0 Å². The second-order valence-corrected chi connectivity index (χ2v) is 8.26. The van der Waals surface area contributed by atoms with Crippen LogP contribution in [0.15, 0.2) is 30.3 Å². The van der Waals surface area contributed by atoms with E-state index in [-0.39, 0.29) is 24.2 Å². The molecule has 0 fully saturated rings. The van der Waals surface area contributed by atoms with Gasteiger partial charge in [-0.15, -0.1) is 0 Å². The van der Waals surface area contributed by atoms with Crippen molar-refractivity contribution in [1.29, 1.82) is 0 Å². The maximum atomic E-state index is 12.5. The van der Waals surface area contributed by atoms with Crippen LogP contribution in [0, 0.1) is 20.8 Å². The molecule has 0 saturated carbocycles. The van der Waals surface area contributed by atoms with Gasteiger partial charge in [0.05, 0.1) is 6.04 Å². The number of benzene rings is 2. The summed E-state index contributed by atoms with van der Waals surface area (Å²) < 4.78 is 11.7. The van der Waals surface area contributed by atoms with Gasteiger partial charge in [0, 0.05) is 17.0 Å². The summed E-state index contributed by atoms with van der Waals surface area (Å²) in [7, 11) is 0. The lowest BCUT2D eigenvalue weighted by Gasteiger charge is -2.38. The lowest BCUT2D eigenvalue weighted by atomic mass is 9.89. The van der Waals surface area contributed by atoms with Gasteiger partial charge in [0.2, 0.25) is 0 Å². The summed E-state index contributed by atoms with van der Waals surface area (Å²) in [5, 5.41) is 3.82. The van der Waals surface area contributed by atoms with Gasteiger partial charge in [0.25, 0.3) is 5.91 Å². The first-order valence-electron chi connectivity index (χ1n) is 9.13. The van der Waals surface area contributed by atoms with Crippen molar-refractivity contribution in [1.82, 2.24) is 5.32 Å². The number of carbonyl (C=O) groups is 1. The van der Waals surface area contributed by atoms with Crippen LogP contribution in [0.3, 0.4) is 0 Å². The number of rotatable bonds is 4. The van der Waals surface area contributed by atoms with Crippen molar-refractivity contribution in [2.45, 2.75) is 52.7 Å². The first-order valence-corrected chi connectivity index (χ1v) is 9.51. The fourth-order valence-electron chi connectivity index (χ4n) is 3.48. The number of fused-ring (bicyclic) bond motifs is 1. The average molecular weight is 388 g/mol. The number of hydrogen-bond acceptors (Lipinski definition) is 3. The molecule has 1 amide bonds. The quantitative estimate of drug-likeness (QED) is 0.797. The maximum Gasteiger partial charge on any atom is 0.258 e. The third-order valence-corrected chi connectivity index (χ3v) is 5.33. The van der Waals surface area contributed by atoms with E-state index in [1.54, 1.807) is 0 Å². The smallest absolute Gasteiger partial charge is 0.258 e. The summed E-state index contributed by atoms with van der Waals surface area (Å²) in [6.45, 7) is 9.90. The Kier molecular flexibility index (Phi) is 5.38. The van der Waals surface area contributed by atoms with Gasteiger partial charge < -0.3 is 14.8 Å². The molecule has 27 heavy (non-hydrogen) atoms. The van der Waals surface area contributed by atoms with Gasteiger partial charge in [-0.3, -0.25) is 4.79 Å². The first kappa shape index (κ1) is 19.6. The van der Waals surface area contributed by atoms with Gasteiger partial charge in [0.1, 0.15) is 17.1 Å². The molecular weight excluding hydrogens is 362 g/mol. The Hall–Kier alpha value is -2.20. The van der Waals surface area contributed by atoms with Gasteiger partial charge in [0.15, 0.2) is 6.61 Å². The van der Waals surface area contributed by atoms with Gasteiger partial charge in [-0.05, 0) is 63.9 Å². The number of halogens is 1. The minimum atomic E-state index is -0.342. The summed E-state index contributed by atoms with van der Waals surface area (Å²) in [6, 6.07) is 9.65. The second-order valence-electron chi connectivity index (χ2n) is 7.89. The largest absolute Gasteiger partial charge is 0.487 e. The van der Waals surface area contributed by atoms with Crippen LogP contribution in [-0.4, -0.2) is 18.1 Å². The minimum absolute atomic E-state index is 0.0422. The van der Waals surface area contributed by atoms with Crippen LogP contribution in [-0.2, 0) is 4.79 Å². The SMILES string of the molecule is Cc1ccc2c(c1)[C@H](NC(=O)COc1cc(C)c(Cl)c(C)c1)CC(C)(C)O2. The van der Waals surface area contributed by atoms with E-state index in [2.05, 4.69) is 11.4 Å². The molecule has 4 nitrogen and oxygen atoms in total. The third-order valence-electron chi connectivity index (χ3n) is 4.74. The highest BCUT2D eigenvalue weighted by molar-refractivity contribution is 6.32. The first-order chi connectivity index (χ1) is 12.6. The molecule has 1 heterocycles. The van der Waals surface area contributed by atoms with E-state index in [9.17, 15) is 4.79 Å². The van der Waals surface area contributed by atoms with Gasteiger partial charge in [-0.2, -0.15) is 0 Å². The van der Waals surface area contributed by atoms with E-state index in [1.807, 2.05) is 58.9 Å². The van der Waals surface area contributed by atoms with Crippen LogP contribution in [0.5, 0.6) is 11.5 Å². The molecule has 2 aromatic carbocycles. The third kappa shape index (κ3) is 4.56. The van der Waals surface area contributed by atoms with Crippen molar-refractivity contribution in [3.05, 3.63) is 57.6 Å². The standard InChI is InChI=1S/C22H26ClNO3/c1-13-6-7-19-17(8-13)18(11-22(4,5)27-19)24-20(25)12-26-16-9-14(2)21(23)15(3)10-16/h6-10,18H,11-12H2,1-5H3,(H,24,25)/t18-/m1/s1. The van der Waals surface area contributed by atoms with E-state index in [4.69, 9.17) is 21.1 Å². The summed E-state index contributed by atoms with van der Waals surface area (Å²) in [4.78, 5) is 12.5. The van der Waals surface area contributed by atoms with Gasteiger partial charge in [-0.1, -0.05) is 29.3 Å². The van der Waals surface area contributed by atoms with E-state index < -0.39 is 0 Å². The van der Waals surface area contributed by atoms with Crippen molar-refractivity contribution >= 4 is 17.5 Å².